The highest BCUT2D eigenvalue weighted by Gasteiger charge is 2.23. The fourth-order valence-electron chi connectivity index (χ4n) is 2.39. The van der Waals surface area contributed by atoms with Gasteiger partial charge in [0.15, 0.2) is 0 Å². The Morgan fingerprint density at radius 2 is 2.16 bits per heavy atom. The van der Waals surface area contributed by atoms with Crippen molar-refractivity contribution >= 4 is 5.91 Å². The number of likely N-dealkylation sites (N-methyl/N-ethyl adjacent to an activating group) is 1. The van der Waals surface area contributed by atoms with E-state index in [4.69, 9.17) is 10.5 Å². The first-order valence-electron chi connectivity index (χ1n) is 6.85. The van der Waals surface area contributed by atoms with E-state index < -0.39 is 6.04 Å². The summed E-state index contributed by atoms with van der Waals surface area (Å²) in [6.45, 7) is 1.43. The number of hydrogen-bond donors (Lipinski definition) is 1. The molecule has 1 aromatic carbocycles. The molecule has 2 rings (SSSR count). The van der Waals surface area contributed by atoms with Crippen LogP contribution in [-0.4, -0.2) is 37.1 Å². The van der Waals surface area contributed by atoms with Gasteiger partial charge in [-0.05, 0) is 24.8 Å². The van der Waals surface area contributed by atoms with Crippen molar-refractivity contribution in [3.8, 4) is 0 Å². The van der Waals surface area contributed by atoms with Gasteiger partial charge in [0.25, 0.3) is 0 Å². The van der Waals surface area contributed by atoms with Crippen LogP contribution in [-0.2, 0) is 9.53 Å². The van der Waals surface area contributed by atoms with Gasteiger partial charge in [-0.25, -0.2) is 0 Å². The molecule has 2 N–H and O–H groups in total. The summed E-state index contributed by atoms with van der Waals surface area (Å²) >= 11 is 0. The molecule has 0 bridgehead atoms. The molecule has 0 aromatic heterocycles. The van der Waals surface area contributed by atoms with Gasteiger partial charge in [0.05, 0.1) is 6.10 Å². The third-order valence-electron chi connectivity index (χ3n) is 3.55. The molecule has 104 valence electrons. The zero-order valence-electron chi connectivity index (χ0n) is 11.4. The summed E-state index contributed by atoms with van der Waals surface area (Å²) in [5, 5.41) is 0. The molecule has 4 nitrogen and oxygen atoms in total. The number of rotatable bonds is 4. The monoisotopic (exact) mass is 262 g/mol. The number of nitrogens with two attached hydrogens (primary N) is 1. The van der Waals surface area contributed by atoms with Crippen molar-refractivity contribution < 1.29 is 9.53 Å². The van der Waals surface area contributed by atoms with Crippen LogP contribution in [0.4, 0.5) is 0 Å². The standard InChI is InChI=1S/C15H22N2O2/c1-17(11-13-9-5-6-10-19-13)15(18)14(16)12-7-3-2-4-8-12/h2-4,7-8,13-14H,5-6,9-11,16H2,1H3. The van der Waals surface area contributed by atoms with Crippen molar-refractivity contribution in [3.05, 3.63) is 35.9 Å². The molecule has 1 aromatic rings. The Hall–Kier alpha value is -1.39. The predicted molar refractivity (Wildman–Crippen MR) is 74.6 cm³/mol. The van der Waals surface area contributed by atoms with Crippen LogP contribution in [0.2, 0.25) is 0 Å². The molecular formula is C15H22N2O2. The number of hydrogen-bond acceptors (Lipinski definition) is 3. The third-order valence-corrected chi connectivity index (χ3v) is 3.55. The lowest BCUT2D eigenvalue weighted by atomic mass is 10.1. The second kappa shape index (κ2) is 6.68. The Bertz CT molecular complexity index is 402. The molecule has 0 aliphatic carbocycles. The van der Waals surface area contributed by atoms with E-state index in [-0.39, 0.29) is 12.0 Å². The minimum Gasteiger partial charge on any atom is -0.376 e. The fraction of sp³-hybridized carbons (Fsp3) is 0.533. The van der Waals surface area contributed by atoms with Crippen LogP contribution in [0.1, 0.15) is 30.9 Å². The maximum absolute atomic E-state index is 12.3. The van der Waals surface area contributed by atoms with Gasteiger partial charge < -0.3 is 15.4 Å². The van der Waals surface area contributed by atoms with Crippen molar-refractivity contribution in [2.24, 2.45) is 5.73 Å². The second-order valence-electron chi connectivity index (χ2n) is 5.10. The molecule has 1 heterocycles. The zero-order valence-corrected chi connectivity index (χ0v) is 11.4. The molecule has 2 unspecified atom stereocenters. The summed E-state index contributed by atoms with van der Waals surface area (Å²) in [5.74, 6) is -0.0552. The maximum Gasteiger partial charge on any atom is 0.243 e. The highest BCUT2D eigenvalue weighted by molar-refractivity contribution is 5.82. The first kappa shape index (κ1) is 14.0. The molecule has 2 atom stereocenters. The lowest BCUT2D eigenvalue weighted by molar-refractivity contribution is -0.133. The maximum atomic E-state index is 12.3. The highest BCUT2D eigenvalue weighted by Crippen LogP contribution is 2.16. The normalized spacial score (nSPS) is 20.8. The van der Waals surface area contributed by atoms with Gasteiger partial charge in [0.1, 0.15) is 6.04 Å². The van der Waals surface area contributed by atoms with Crippen LogP contribution in [0.15, 0.2) is 30.3 Å². The first-order valence-corrected chi connectivity index (χ1v) is 6.85. The van der Waals surface area contributed by atoms with Crippen molar-refractivity contribution in [3.63, 3.8) is 0 Å². The van der Waals surface area contributed by atoms with Gasteiger partial charge in [0.2, 0.25) is 5.91 Å². The smallest absolute Gasteiger partial charge is 0.243 e. The zero-order chi connectivity index (χ0) is 13.7. The molecular weight excluding hydrogens is 240 g/mol. The lowest BCUT2D eigenvalue weighted by Gasteiger charge is -2.29. The van der Waals surface area contributed by atoms with E-state index in [1.807, 2.05) is 30.3 Å². The minimum atomic E-state index is -0.588. The van der Waals surface area contributed by atoms with Gasteiger partial charge in [-0.3, -0.25) is 4.79 Å². The number of benzene rings is 1. The summed E-state index contributed by atoms with van der Waals surface area (Å²) in [7, 11) is 1.79. The van der Waals surface area contributed by atoms with Crippen molar-refractivity contribution in [2.75, 3.05) is 20.2 Å². The summed E-state index contributed by atoms with van der Waals surface area (Å²) < 4.78 is 5.65. The number of carbonyl (C=O) groups is 1. The number of ether oxygens (including phenoxy) is 1. The lowest BCUT2D eigenvalue weighted by Crippen LogP contribution is -2.41. The number of carbonyl (C=O) groups excluding carboxylic acids is 1. The summed E-state index contributed by atoms with van der Waals surface area (Å²) in [6, 6.07) is 8.88. The highest BCUT2D eigenvalue weighted by atomic mass is 16.5. The Labute approximate surface area is 114 Å². The third kappa shape index (κ3) is 3.78. The molecule has 1 saturated heterocycles. The molecule has 1 aliphatic rings. The van der Waals surface area contributed by atoms with E-state index in [0.29, 0.717) is 6.54 Å². The average molecular weight is 262 g/mol. The van der Waals surface area contributed by atoms with E-state index in [1.54, 1.807) is 11.9 Å². The van der Waals surface area contributed by atoms with Gasteiger partial charge in [-0.15, -0.1) is 0 Å². The fourth-order valence-corrected chi connectivity index (χ4v) is 2.39. The van der Waals surface area contributed by atoms with Gasteiger partial charge in [-0.1, -0.05) is 30.3 Å². The van der Waals surface area contributed by atoms with Crippen LogP contribution in [0, 0.1) is 0 Å². The van der Waals surface area contributed by atoms with Crippen LogP contribution >= 0.6 is 0 Å². The summed E-state index contributed by atoms with van der Waals surface area (Å²) in [4.78, 5) is 14.0. The Morgan fingerprint density at radius 3 is 2.79 bits per heavy atom. The molecule has 0 spiro atoms. The number of nitrogens with zero attached hydrogens (tertiary/aromatic N) is 1. The topological polar surface area (TPSA) is 55.6 Å². The van der Waals surface area contributed by atoms with Crippen LogP contribution < -0.4 is 5.73 Å². The molecule has 1 aliphatic heterocycles. The summed E-state index contributed by atoms with van der Waals surface area (Å²) in [6.07, 6.45) is 3.48. The SMILES string of the molecule is CN(CC1CCCCO1)C(=O)C(N)c1ccccc1. The average Bonchev–Trinajstić information content (AvgIpc) is 2.47. The molecule has 1 fully saturated rings. The van der Waals surface area contributed by atoms with Gasteiger partial charge >= 0.3 is 0 Å². The molecule has 0 saturated carbocycles. The molecule has 4 heteroatoms. The Morgan fingerprint density at radius 1 is 1.42 bits per heavy atom. The Balaban J connectivity index is 1.91. The van der Waals surface area contributed by atoms with Gasteiger partial charge in [-0.2, -0.15) is 0 Å². The quantitative estimate of drug-likeness (QED) is 0.898. The number of amides is 1. The molecule has 1 amide bonds. The van der Waals surface area contributed by atoms with E-state index in [9.17, 15) is 4.79 Å². The largest absolute Gasteiger partial charge is 0.376 e. The van der Waals surface area contributed by atoms with E-state index in [1.165, 1.54) is 6.42 Å². The van der Waals surface area contributed by atoms with E-state index >= 15 is 0 Å². The van der Waals surface area contributed by atoms with Crippen molar-refractivity contribution in [2.45, 2.75) is 31.4 Å². The van der Waals surface area contributed by atoms with Crippen molar-refractivity contribution in [1.82, 2.24) is 4.90 Å². The molecule has 19 heavy (non-hydrogen) atoms. The molecule has 0 radical (unpaired) electrons. The predicted octanol–water partition coefficient (Wildman–Crippen LogP) is 1.71. The van der Waals surface area contributed by atoms with Crippen LogP contribution in [0.25, 0.3) is 0 Å². The Kier molecular flexibility index (Phi) is 4.93. The first-order chi connectivity index (χ1) is 9.18. The summed E-state index contributed by atoms with van der Waals surface area (Å²) in [5.41, 5.74) is 6.86. The second-order valence-corrected chi connectivity index (χ2v) is 5.10. The van der Waals surface area contributed by atoms with Crippen LogP contribution in [0.3, 0.4) is 0 Å². The van der Waals surface area contributed by atoms with E-state index in [2.05, 4.69) is 0 Å². The van der Waals surface area contributed by atoms with Crippen LogP contribution in [0.5, 0.6) is 0 Å². The van der Waals surface area contributed by atoms with E-state index in [0.717, 1.165) is 25.0 Å². The van der Waals surface area contributed by atoms with Gasteiger partial charge in [0, 0.05) is 20.2 Å². The van der Waals surface area contributed by atoms with Crippen molar-refractivity contribution in [1.29, 1.82) is 0 Å². The minimum absolute atomic E-state index is 0.0552.